The zero-order chi connectivity index (χ0) is 17.2. The Morgan fingerprint density at radius 2 is 1.96 bits per heavy atom. The molecule has 2 aromatic carbocycles. The Kier molecular flexibility index (Phi) is 4.42. The average molecular weight is 417 g/mol. The molecule has 3 aromatic rings. The summed E-state index contributed by atoms with van der Waals surface area (Å²) < 4.78 is 11.7. The van der Waals surface area contributed by atoms with E-state index in [-0.39, 0.29) is 12.7 Å². The maximum atomic E-state index is 12.2. The van der Waals surface area contributed by atoms with Crippen LogP contribution in [0.2, 0.25) is 0 Å². The minimum absolute atomic E-state index is 0.0890. The molecule has 0 unspecified atom stereocenters. The molecule has 2 heterocycles. The van der Waals surface area contributed by atoms with E-state index in [1.807, 2.05) is 47.8 Å². The van der Waals surface area contributed by atoms with Gasteiger partial charge in [0.05, 0.1) is 12.1 Å². The van der Waals surface area contributed by atoms with Crippen molar-refractivity contribution in [2.45, 2.75) is 6.42 Å². The predicted octanol–water partition coefficient (Wildman–Crippen LogP) is 4.48. The van der Waals surface area contributed by atoms with Crippen molar-refractivity contribution in [1.82, 2.24) is 4.98 Å². The summed E-state index contributed by atoms with van der Waals surface area (Å²) in [4.78, 5) is 16.7. The van der Waals surface area contributed by atoms with Gasteiger partial charge in [0.2, 0.25) is 12.7 Å². The quantitative estimate of drug-likeness (QED) is 0.680. The largest absolute Gasteiger partial charge is 0.454 e. The lowest BCUT2D eigenvalue weighted by atomic mass is 10.1. The molecular formula is C18H13BrN2O3S. The average Bonchev–Trinajstić information content (AvgIpc) is 3.25. The van der Waals surface area contributed by atoms with Crippen LogP contribution in [-0.2, 0) is 11.2 Å². The molecule has 1 aliphatic rings. The van der Waals surface area contributed by atoms with Crippen LogP contribution in [0, 0.1) is 0 Å². The first-order valence-electron chi connectivity index (χ1n) is 7.57. The molecule has 1 amide bonds. The van der Waals surface area contributed by atoms with Crippen molar-refractivity contribution >= 4 is 38.3 Å². The van der Waals surface area contributed by atoms with E-state index >= 15 is 0 Å². The van der Waals surface area contributed by atoms with Gasteiger partial charge in [0.1, 0.15) is 0 Å². The lowest BCUT2D eigenvalue weighted by Gasteiger charge is -2.02. The highest BCUT2D eigenvalue weighted by Gasteiger charge is 2.15. The van der Waals surface area contributed by atoms with E-state index in [4.69, 9.17) is 9.47 Å². The smallest absolute Gasteiger partial charge is 0.231 e. The Hall–Kier alpha value is -2.38. The number of hydrogen-bond donors (Lipinski definition) is 1. The van der Waals surface area contributed by atoms with Gasteiger partial charge >= 0.3 is 0 Å². The fourth-order valence-electron chi connectivity index (χ4n) is 2.47. The summed E-state index contributed by atoms with van der Waals surface area (Å²) in [5.41, 5.74) is 2.67. The molecule has 1 aliphatic heterocycles. The second-order valence-corrected chi connectivity index (χ2v) is 7.23. The normalized spacial score (nSPS) is 12.2. The number of fused-ring (bicyclic) bond motifs is 1. The van der Waals surface area contributed by atoms with Crippen molar-refractivity contribution in [2.75, 3.05) is 12.1 Å². The molecular weight excluding hydrogens is 404 g/mol. The molecule has 0 fully saturated rings. The number of thiazole rings is 1. The minimum Gasteiger partial charge on any atom is -0.454 e. The predicted molar refractivity (Wildman–Crippen MR) is 100 cm³/mol. The van der Waals surface area contributed by atoms with Crippen LogP contribution >= 0.6 is 27.3 Å². The molecule has 25 heavy (non-hydrogen) atoms. The molecule has 0 radical (unpaired) electrons. The number of amides is 1. The van der Waals surface area contributed by atoms with Crippen molar-refractivity contribution in [3.05, 3.63) is 57.9 Å². The van der Waals surface area contributed by atoms with E-state index in [1.165, 1.54) is 11.3 Å². The molecule has 0 spiro atoms. The number of carbonyl (C=O) groups is 1. The van der Waals surface area contributed by atoms with Crippen LogP contribution in [0.3, 0.4) is 0 Å². The van der Waals surface area contributed by atoms with Crippen LogP contribution in [0.15, 0.2) is 52.3 Å². The summed E-state index contributed by atoms with van der Waals surface area (Å²) >= 11 is 4.78. The first-order chi connectivity index (χ1) is 12.2. The molecule has 7 heteroatoms. The van der Waals surface area contributed by atoms with Gasteiger partial charge < -0.3 is 14.8 Å². The molecule has 4 rings (SSSR count). The Balaban J connectivity index is 1.44. The van der Waals surface area contributed by atoms with Crippen molar-refractivity contribution in [3.63, 3.8) is 0 Å². The van der Waals surface area contributed by atoms with Gasteiger partial charge in [-0.3, -0.25) is 4.79 Å². The topological polar surface area (TPSA) is 60.5 Å². The van der Waals surface area contributed by atoms with Crippen LogP contribution in [0.1, 0.15) is 5.56 Å². The first kappa shape index (κ1) is 16.1. The maximum absolute atomic E-state index is 12.2. The number of anilines is 1. The number of aromatic nitrogens is 1. The zero-order valence-electron chi connectivity index (χ0n) is 13.0. The van der Waals surface area contributed by atoms with Crippen molar-refractivity contribution in [2.24, 2.45) is 0 Å². The number of ether oxygens (including phenoxy) is 2. The van der Waals surface area contributed by atoms with Crippen LogP contribution in [0.4, 0.5) is 5.13 Å². The summed E-state index contributed by atoms with van der Waals surface area (Å²) in [5.74, 6) is 1.36. The van der Waals surface area contributed by atoms with Gasteiger partial charge in [-0.15, -0.1) is 11.3 Å². The van der Waals surface area contributed by atoms with E-state index in [2.05, 4.69) is 26.2 Å². The Bertz CT molecular complexity index is 924. The first-order valence-corrected chi connectivity index (χ1v) is 9.24. The fourth-order valence-corrected chi connectivity index (χ4v) is 3.47. The lowest BCUT2D eigenvalue weighted by molar-refractivity contribution is -0.115. The molecule has 1 aromatic heterocycles. The van der Waals surface area contributed by atoms with Gasteiger partial charge in [0.25, 0.3) is 0 Å². The number of nitrogens with one attached hydrogen (secondary N) is 1. The molecule has 1 N–H and O–H groups in total. The molecule has 0 saturated heterocycles. The monoisotopic (exact) mass is 416 g/mol. The van der Waals surface area contributed by atoms with E-state index in [0.717, 1.165) is 27.0 Å². The molecule has 0 aliphatic carbocycles. The Labute approximate surface area is 156 Å². The third-order valence-corrected chi connectivity index (χ3v) is 4.98. The van der Waals surface area contributed by atoms with E-state index in [9.17, 15) is 4.79 Å². The Morgan fingerprint density at radius 1 is 1.16 bits per heavy atom. The maximum Gasteiger partial charge on any atom is 0.231 e. The third-order valence-electron chi connectivity index (χ3n) is 3.70. The van der Waals surface area contributed by atoms with Crippen molar-refractivity contribution in [3.8, 4) is 22.8 Å². The van der Waals surface area contributed by atoms with Gasteiger partial charge in [-0.2, -0.15) is 0 Å². The third kappa shape index (κ3) is 3.67. The number of carbonyl (C=O) groups excluding carboxylic acids is 1. The fraction of sp³-hybridized carbons (Fsp3) is 0.111. The standard InChI is InChI=1S/C18H13BrN2O3S/c19-13-4-1-11(2-5-13)7-17(22)21-18-20-14(9-25-18)12-3-6-15-16(8-12)24-10-23-15/h1-6,8-9H,7,10H2,(H,20,21,22). The number of nitrogens with zero attached hydrogens (tertiary/aromatic N) is 1. The number of rotatable bonds is 4. The van der Waals surface area contributed by atoms with E-state index in [0.29, 0.717) is 17.3 Å². The molecule has 5 nitrogen and oxygen atoms in total. The Morgan fingerprint density at radius 3 is 2.80 bits per heavy atom. The highest BCUT2D eigenvalue weighted by atomic mass is 79.9. The molecule has 0 atom stereocenters. The van der Waals surface area contributed by atoms with Crippen LogP contribution in [0.25, 0.3) is 11.3 Å². The van der Waals surface area contributed by atoms with Crippen LogP contribution in [0.5, 0.6) is 11.5 Å². The number of hydrogen-bond acceptors (Lipinski definition) is 5. The van der Waals surface area contributed by atoms with Gasteiger partial charge in [-0.05, 0) is 35.9 Å². The van der Waals surface area contributed by atoms with Crippen molar-refractivity contribution in [1.29, 1.82) is 0 Å². The number of halogens is 1. The second-order valence-electron chi connectivity index (χ2n) is 5.46. The van der Waals surface area contributed by atoms with E-state index < -0.39 is 0 Å². The van der Waals surface area contributed by atoms with E-state index in [1.54, 1.807) is 0 Å². The van der Waals surface area contributed by atoms with Gasteiger partial charge in [0.15, 0.2) is 16.6 Å². The highest BCUT2D eigenvalue weighted by molar-refractivity contribution is 9.10. The van der Waals surface area contributed by atoms with Crippen LogP contribution < -0.4 is 14.8 Å². The van der Waals surface area contributed by atoms with Gasteiger partial charge in [-0.25, -0.2) is 4.98 Å². The summed E-state index contributed by atoms with van der Waals surface area (Å²) in [7, 11) is 0. The lowest BCUT2D eigenvalue weighted by Crippen LogP contribution is -2.14. The molecule has 0 bridgehead atoms. The second kappa shape index (κ2) is 6.85. The summed E-state index contributed by atoms with van der Waals surface area (Å²) in [6.07, 6.45) is 0.312. The van der Waals surface area contributed by atoms with Crippen LogP contribution in [-0.4, -0.2) is 17.7 Å². The highest BCUT2D eigenvalue weighted by Crippen LogP contribution is 2.36. The van der Waals surface area contributed by atoms with Gasteiger partial charge in [-0.1, -0.05) is 28.1 Å². The number of benzene rings is 2. The zero-order valence-corrected chi connectivity index (χ0v) is 15.4. The molecule has 0 saturated carbocycles. The summed E-state index contributed by atoms with van der Waals surface area (Å²) in [5, 5.41) is 5.34. The SMILES string of the molecule is O=C(Cc1ccc(Br)cc1)Nc1nc(-c2ccc3c(c2)OCO3)cs1. The summed E-state index contributed by atoms with van der Waals surface area (Å²) in [6.45, 7) is 0.243. The molecule has 126 valence electrons. The van der Waals surface area contributed by atoms with Gasteiger partial charge in [0, 0.05) is 15.4 Å². The summed E-state index contributed by atoms with van der Waals surface area (Å²) in [6, 6.07) is 13.4. The minimum atomic E-state index is -0.0890. The van der Waals surface area contributed by atoms with Crippen molar-refractivity contribution < 1.29 is 14.3 Å².